The van der Waals surface area contributed by atoms with Crippen molar-refractivity contribution in [3.8, 4) is 11.1 Å². The first-order valence-corrected chi connectivity index (χ1v) is 4.48. The van der Waals surface area contributed by atoms with Crippen LogP contribution in [0.5, 0.6) is 0 Å². The number of amides is 1. The molecule has 2 aliphatic carbocycles. The fourth-order valence-corrected chi connectivity index (χ4v) is 1.69. The molecular weight excluding hydrogens is 174 g/mol. The number of hydrogen-bond acceptors (Lipinski definition) is 1. The van der Waals surface area contributed by atoms with Crippen molar-refractivity contribution in [1.82, 2.24) is 0 Å². The van der Waals surface area contributed by atoms with Gasteiger partial charge in [-0.2, -0.15) is 0 Å². The molecule has 1 amide bonds. The second-order valence-corrected chi connectivity index (χ2v) is 3.33. The Balaban J connectivity index is 2.75. The zero-order chi connectivity index (χ0) is 10.1. The van der Waals surface area contributed by atoms with Crippen molar-refractivity contribution in [3.63, 3.8) is 0 Å². The second-order valence-electron chi connectivity index (χ2n) is 3.33. The first kappa shape index (κ1) is 8.75. The zero-order valence-corrected chi connectivity index (χ0v) is 7.95. The summed E-state index contributed by atoms with van der Waals surface area (Å²) in [6.07, 6.45) is 0. The molecule has 0 saturated heterocycles. The predicted molar refractivity (Wildman–Crippen MR) is 56.3 cm³/mol. The van der Waals surface area contributed by atoms with Crippen LogP contribution in [0.2, 0.25) is 0 Å². The number of carbonyl (C=O) groups excluding carboxylic acids is 1. The van der Waals surface area contributed by atoms with E-state index in [1.54, 1.807) is 0 Å². The fourth-order valence-electron chi connectivity index (χ4n) is 1.69. The average Bonchev–Trinajstić information content (AvgIpc) is 2.37. The van der Waals surface area contributed by atoms with Crippen LogP contribution in [0.3, 0.4) is 0 Å². The van der Waals surface area contributed by atoms with Gasteiger partial charge in [0.2, 0.25) is 5.91 Å². The summed E-state index contributed by atoms with van der Waals surface area (Å²) < 4.78 is 0. The molecule has 0 aromatic rings. The maximum absolute atomic E-state index is 11.1. The summed E-state index contributed by atoms with van der Waals surface area (Å²) >= 11 is 0. The van der Waals surface area contributed by atoms with Crippen molar-refractivity contribution < 1.29 is 4.79 Å². The van der Waals surface area contributed by atoms with E-state index in [1.807, 2.05) is 43.3 Å². The monoisotopic (exact) mass is 185 g/mol. The largest absolute Gasteiger partial charge is 0.366 e. The Bertz CT molecular complexity index is 462. The molecule has 2 nitrogen and oxygen atoms in total. The summed E-state index contributed by atoms with van der Waals surface area (Å²) in [6.45, 7) is 1.92. The first-order valence-electron chi connectivity index (χ1n) is 4.48. The summed E-state index contributed by atoms with van der Waals surface area (Å²) in [5.74, 6) is -0.360. The van der Waals surface area contributed by atoms with Crippen LogP contribution in [0, 0.1) is 6.92 Å². The Morgan fingerprint density at radius 3 is 2.64 bits per heavy atom. The summed E-state index contributed by atoms with van der Waals surface area (Å²) in [5.41, 5.74) is 8.99. The summed E-state index contributed by atoms with van der Waals surface area (Å²) in [7, 11) is 0. The van der Waals surface area contributed by atoms with Gasteiger partial charge in [-0.3, -0.25) is 4.79 Å². The van der Waals surface area contributed by atoms with Gasteiger partial charge in [0.25, 0.3) is 0 Å². The number of fused-ring (bicyclic) bond motifs is 1. The number of primary amides is 1. The predicted octanol–water partition coefficient (Wildman–Crippen LogP) is 2.20. The molecule has 0 bridgehead atoms. The number of hydrogen-bond donors (Lipinski definition) is 1. The Kier molecular flexibility index (Phi) is 1.97. The zero-order valence-electron chi connectivity index (χ0n) is 7.95. The van der Waals surface area contributed by atoms with Crippen LogP contribution in [0.1, 0.15) is 15.9 Å². The normalized spacial score (nSPS) is 10.4. The molecule has 0 atom stereocenters. The van der Waals surface area contributed by atoms with Crippen LogP contribution < -0.4 is 5.73 Å². The highest BCUT2D eigenvalue weighted by Crippen LogP contribution is 2.29. The first-order chi connectivity index (χ1) is 6.70. The Morgan fingerprint density at radius 2 is 1.93 bits per heavy atom. The van der Waals surface area contributed by atoms with E-state index in [0.717, 1.165) is 16.7 Å². The van der Waals surface area contributed by atoms with Crippen LogP contribution in [0.4, 0.5) is 0 Å². The van der Waals surface area contributed by atoms with E-state index in [1.165, 1.54) is 0 Å². The third kappa shape index (κ3) is 1.25. The third-order valence-corrected chi connectivity index (χ3v) is 2.45. The smallest absolute Gasteiger partial charge is 0.249 e. The molecule has 0 radical (unpaired) electrons. The molecule has 0 spiro atoms. The van der Waals surface area contributed by atoms with Crippen molar-refractivity contribution in [2.45, 2.75) is 6.92 Å². The van der Waals surface area contributed by atoms with Gasteiger partial charge >= 0.3 is 0 Å². The molecule has 0 heterocycles. The Hall–Kier alpha value is -1.83. The van der Waals surface area contributed by atoms with Gasteiger partial charge < -0.3 is 5.73 Å². The van der Waals surface area contributed by atoms with Crippen LogP contribution >= 0.6 is 0 Å². The summed E-state index contributed by atoms with van der Waals surface area (Å²) in [6, 6.07) is 11.7. The standard InChI is InChI=1S/C12H11NO/c1-8-10-6-4-2-3-5-9(10)7-11(8)12(13)14/h2-7H,1H3,(H2,13,14). The SMILES string of the molecule is Cc1c(C(N)=O)cc2cccccc1-2. The lowest BCUT2D eigenvalue weighted by Gasteiger charge is -1.94. The number of carbonyl (C=O) groups is 1. The van der Waals surface area contributed by atoms with Gasteiger partial charge in [0.1, 0.15) is 0 Å². The molecule has 0 aromatic heterocycles. The van der Waals surface area contributed by atoms with Crippen LogP contribution in [-0.4, -0.2) is 5.91 Å². The molecule has 2 heteroatoms. The van der Waals surface area contributed by atoms with Crippen molar-refractivity contribution in [2.24, 2.45) is 5.73 Å². The van der Waals surface area contributed by atoms with Gasteiger partial charge in [-0.1, -0.05) is 30.3 Å². The van der Waals surface area contributed by atoms with Gasteiger partial charge in [-0.05, 0) is 29.7 Å². The minimum Gasteiger partial charge on any atom is -0.366 e. The summed E-state index contributed by atoms with van der Waals surface area (Å²) in [5, 5.41) is 0. The van der Waals surface area contributed by atoms with Crippen molar-refractivity contribution in [1.29, 1.82) is 0 Å². The highest BCUT2D eigenvalue weighted by atomic mass is 16.1. The molecule has 2 N–H and O–H groups in total. The summed E-state index contributed by atoms with van der Waals surface area (Å²) in [4.78, 5) is 11.1. The second kappa shape index (κ2) is 3.14. The van der Waals surface area contributed by atoms with Crippen molar-refractivity contribution in [2.75, 3.05) is 0 Å². The van der Waals surface area contributed by atoms with Gasteiger partial charge in [-0.25, -0.2) is 0 Å². The molecule has 0 aliphatic heterocycles. The molecular formula is C12H11NO. The molecule has 2 rings (SSSR count). The van der Waals surface area contributed by atoms with E-state index < -0.39 is 0 Å². The lowest BCUT2D eigenvalue weighted by molar-refractivity contribution is 0.1000. The maximum Gasteiger partial charge on any atom is 0.249 e. The van der Waals surface area contributed by atoms with Crippen molar-refractivity contribution >= 4 is 5.91 Å². The van der Waals surface area contributed by atoms with E-state index in [9.17, 15) is 4.79 Å². The quantitative estimate of drug-likeness (QED) is 0.727. The highest BCUT2D eigenvalue weighted by molar-refractivity contribution is 5.99. The Morgan fingerprint density at radius 1 is 1.21 bits per heavy atom. The molecule has 0 saturated carbocycles. The average molecular weight is 185 g/mol. The van der Waals surface area contributed by atoms with E-state index in [2.05, 4.69) is 0 Å². The highest BCUT2D eigenvalue weighted by Gasteiger charge is 2.14. The Labute approximate surface area is 82.7 Å². The van der Waals surface area contributed by atoms with Crippen molar-refractivity contribution in [3.05, 3.63) is 47.5 Å². The van der Waals surface area contributed by atoms with Gasteiger partial charge in [0, 0.05) is 5.56 Å². The maximum atomic E-state index is 11.1. The lowest BCUT2D eigenvalue weighted by atomic mass is 10.1. The van der Waals surface area contributed by atoms with Crippen LogP contribution in [-0.2, 0) is 0 Å². The minimum atomic E-state index is -0.360. The van der Waals surface area contributed by atoms with Gasteiger partial charge in [0.05, 0.1) is 0 Å². The molecule has 0 fully saturated rings. The number of nitrogens with two attached hydrogens (primary N) is 1. The van der Waals surface area contributed by atoms with Gasteiger partial charge in [-0.15, -0.1) is 0 Å². The van der Waals surface area contributed by atoms with E-state index >= 15 is 0 Å². The van der Waals surface area contributed by atoms with E-state index in [-0.39, 0.29) is 5.91 Å². The molecule has 0 aromatic carbocycles. The molecule has 70 valence electrons. The third-order valence-electron chi connectivity index (χ3n) is 2.45. The van der Waals surface area contributed by atoms with E-state index in [4.69, 9.17) is 5.73 Å². The minimum absolute atomic E-state index is 0.360. The topological polar surface area (TPSA) is 43.1 Å². The van der Waals surface area contributed by atoms with E-state index in [0.29, 0.717) is 5.56 Å². The molecule has 0 unspecified atom stereocenters. The molecule has 2 aliphatic rings. The van der Waals surface area contributed by atoms with Crippen LogP contribution in [0.15, 0.2) is 36.4 Å². The fraction of sp³-hybridized carbons (Fsp3) is 0.0833. The molecule has 14 heavy (non-hydrogen) atoms. The van der Waals surface area contributed by atoms with Crippen LogP contribution in [0.25, 0.3) is 11.1 Å². The lowest BCUT2D eigenvalue weighted by Crippen LogP contribution is -2.10. The van der Waals surface area contributed by atoms with Gasteiger partial charge in [0.15, 0.2) is 0 Å². The number of rotatable bonds is 1.